The van der Waals surface area contributed by atoms with Crippen LogP contribution in [0.5, 0.6) is 0 Å². The highest BCUT2D eigenvalue weighted by Gasteiger charge is 2.12. The first-order valence-electron chi connectivity index (χ1n) is 5.49. The molecule has 2 aromatic rings. The lowest BCUT2D eigenvalue weighted by Crippen LogP contribution is -2.12. The Morgan fingerprint density at radius 1 is 1.50 bits per heavy atom. The van der Waals surface area contributed by atoms with Crippen molar-refractivity contribution < 1.29 is 9.45 Å². The Hall–Kier alpha value is -2.28. The summed E-state index contributed by atoms with van der Waals surface area (Å²) in [7, 11) is 0. The monoisotopic (exact) mass is 248 g/mol. The Bertz CT molecular complexity index is 553. The molecule has 0 aliphatic heterocycles. The van der Waals surface area contributed by atoms with Crippen molar-refractivity contribution in [2.45, 2.75) is 13.5 Å². The molecule has 1 aromatic carbocycles. The summed E-state index contributed by atoms with van der Waals surface area (Å²) in [5, 5.41) is 17.5. The summed E-state index contributed by atoms with van der Waals surface area (Å²) in [6, 6.07) is 6.10. The Balaban J connectivity index is 2.23. The van der Waals surface area contributed by atoms with Gasteiger partial charge in [-0.3, -0.25) is 10.1 Å². The van der Waals surface area contributed by atoms with E-state index in [1.165, 1.54) is 12.1 Å². The van der Waals surface area contributed by atoms with E-state index < -0.39 is 4.92 Å². The van der Waals surface area contributed by atoms with Gasteiger partial charge in [-0.25, -0.2) is 0 Å². The number of rotatable bonds is 5. The molecule has 0 amide bonds. The SMILES string of the molecule is CCNCc1noc(-c2cccc([N+](=O)[O-])c2)n1. The van der Waals surface area contributed by atoms with Gasteiger partial charge in [0.05, 0.1) is 11.5 Å². The second-order valence-corrected chi connectivity index (χ2v) is 3.60. The molecule has 2 rings (SSSR count). The molecule has 0 saturated heterocycles. The number of hydrogen-bond donors (Lipinski definition) is 1. The van der Waals surface area contributed by atoms with E-state index in [0.29, 0.717) is 17.9 Å². The molecule has 0 saturated carbocycles. The first kappa shape index (κ1) is 12.2. The largest absolute Gasteiger partial charge is 0.334 e. The van der Waals surface area contributed by atoms with Crippen molar-refractivity contribution in [2.75, 3.05) is 6.54 Å². The summed E-state index contributed by atoms with van der Waals surface area (Å²) < 4.78 is 5.06. The zero-order valence-corrected chi connectivity index (χ0v) is 9.79. The lowest BCUT2D eigenvalue weighted by Gasteiger charge is -1.94. The summed E-state index contributed by atoms with van der Waals surface area (Å²) in [6.07, 6.45) is 0. The summed E-state index contributed by atoms with van der Waals surface area (Å²) in [5.41, 5.74) is 0.540. The molecular weight excluding hydrogens is 236 g/mol. The van der Waals surface area contributed by atoms with Crippen molar-refractivity contribution in [2.24, 2.45) is 0 Å². The van der Waals surface area contributed by atoms with Crippen LogP contribution in [-0.4, -0.2) is 21.6 Å². The van der Waals surface area contributed by atoms with Crippen molar-refractivity contribution in [3.05, 3.63) is 40.2 Å². The first-order chi connectivity index (χ1) is 8.70. The highest BCUT2D eigenvalue weighted by atomic mass is 16.6. The molecule has 0 unspecified atom stereocenters. The van der Waals surface area contributed by atoms with Crippen LogP contribution in [0.25, 0.3) is 11.5 Å². The summed E-state index contributed by atoms with van der Waals surface area (Å²) in [6.45, 7) is 3.29. The average Bonchev–Trinajstić information content (AvgIpc) is 2.85. The van der Waals surface area contributed by atoms with Gasteiger partial charge < -0.3 is 9.84 Å². The van der Waals surface area contributed by atoms with Gasteiger partial charge in [-0.15, -0.1) is 0 Å². The number of nitro benzene ring substituents is 1. The maximum Gasteiger partial charge on any atom is 0.270 e. The van der Waals surface area contributed by atoms with Crippen LogP contribution in [-0.2, 0) is 6.54 Å². The lowest BCUT2D eigenvalue weighted by molar-refractivity contribution is -0.384. The molecule has 0 radical (unpaired) electrons. The molecule has 7 nitrogen and oxygen atoms in total. The maximum atomic E-state index is 10.7. The van der Waals surface area contributed by atoms with Crippen LogP contribution in [0.3, 0.4) is 0 Å². The third-order valence-corrected chi connectivity index (χ3v) is 2.31. The number of aromatic nitrogens is 2. The van der Waals surface area contributed by atoms with Crippen molar-refractivity contribution in [3.8, 4) is 11.5 Å². The maximum absolute atomic E-state index is 10.7. The number of nitrogens with one attached hydrogen (secondary N) is 1. The van der Waals surface area contributed by atoms with Gasteiger partial charge in [-0.05, 0) is 12.6 Å². The van der Waals surface area contributed by atoms with Crippen LogP contribution in [0.4, 0.5) is 5.69 Å². The Labute approximate surface area is 103 Å². The van der Waals surface area contributed by atoms with Crippen LogP contribution in [0, 0.1) is 10.1 Å². The van der Waals surface area contributed by atoms with E-state index in [1.807, 2.05) is 6.92 Å². The molecule has 1 heterocycles. The molecule has 0 bridgehead atoms. The van der Waals surface area contributed by atoms with Crippen LogP contribution >= 0.6 is 0 Å². The van der Waals surface area contributed by atoms with E-state index in [4.69, 9.17) is 4.52 Å². The van der Waals surface area contributed by atoms with Crippen LogP contribution in [0.15, 0.2) is 28.8 Å². The minimum atomic E-state index is -0.459. The fourth-order valence-electron chi connectivity index (χ4n) is 1.43. The lowest BCUT2D eigenvalue weighted by atomic mass is 10.2. The third kappa shape index (κ3) is 2.69. The zero-order chi connectivity index (χ0) is 13.0. The van der Waals surface area contributed by atoms with E-state index in [-0.39, 0.29) is 11.6 Å². The fraction of sp³-hybridized carbons (Fsp3) is 0.273. The zero-order valence-electron chi connectivity index (χ0n) is 9.79. The van der Waals surface area contributed by atoms with Crippen molar-refractivity contribution in [3.63, 3.8) is 0 Å². The molecule has 94 valence electrons. The van der Waals surface area contributed by atoms with Crippen LogP contribution in [0.2, 0.25) is 0 Å². The molecule has 0 atom stereocenters. The predicted molar refractivity (Wildman–Crippen MR) is 63.8 cm³/mol. The van der Waals surface area contributed by atoms with Gasteiger partial charge in [-0.1, -0.05) is 18.1 Å². The number of nitrogens with zero attached hydrogens (tertiary/aromatic N) is 3. The number of benzene rings is 1. The van der Waals surface area contributed by atoms with Gasteiger partial charge in [-0.2, -0.15) is 4.98 Å². The van der Waals surface area contributed by atoms with Crippen molar-refractivity contribution >= 4 is 5.69 Å². The fourth-order valence-corrected chi connectivity index (χ4v) is 1.43. The summed E-state index contributed by atoms with van der Waals surface area (Å²) in [5.74, 6) is 0.810. The topological polar surface area (TPSA) is 94.1 Å². The smallest absolute Gasteiger partial charge is 0.270 e. The van der Waals surface area contributed by atoms with E-state index in [0.717, 1.165) is 6.54 Å². The molecule has 0 fully saturated rings. The van der Waals surface area contributed by atoms with Gasteiger partial charge >= 0.3 is 0 Å². The van der Waals surface area contributed by atoms with Crippen molar-refractivity contribution in [1.29, 1.82) is 0 Å². The summed E-state index contributed by atoms with van der Waals surface area (Å²) in [4.78, 5) is 14.4. The molecule has 1 N–H and O–H groups in total. The van der Waals surface area contributed by atoms with E-state index in [9.17, 15) is 10.1 Å². The van der Waals surface area contributed by atoms with Crippen LogP contribution < -0.4 is 5.32 Å². The molecule has 0 aliphatic rings. The van der Waals surface area contributed by atoms with Crippen molar-refractivity contribution in [1.82, 2.24) is 15.5 Å². The van der Waals surface area contributed by atoms with E-state index in [1.54, 1.807) is 12.1 Å². The highest BCUT2D eigenvalue weighted by molar-refractivity contribution is 5.57. The molecule has 18 heavy (non-hydrogen) atoms. The van der Waals surface area contributed by atoms with Crippen LogP contribution in [0.1, 0.15) is 12.7 Å². The standard InChI is InChI=1S/C11H12N4O3/c1-2-12-7-10-13-11(18-14-10)8-4-3-5-9(6-8)15(16)17/h3-6,12H,2,7H2,1H3. The first-order valence-corrected chi connectivity index (χ1v) is 5.49. The minimum absolute atomic E-state index is 0.000988. The second-order valence-electron chi connectivity index (χ2n) is 3.60. The van der Waals surface area contributed by atoms with Gasteiger partial charge in [0.1, 0.15) is 0 Å². The number of hydrogen-bond acceptors (Lipinski definition) is 6. The van der Waals surface area contributed by atoms with E-state index >= 15 is 0 Å². The van der Waals surface area contributed by atoms with Gasteiger partial charge in [0.2, 0.25) is 0 Å². The number of nitro groups is 1. The minimum Gasteiger partial charge on any atom is -0.334 e. The van der Waals surface area contributed by atoms with E-state index in [2.05, 4.69) is 15.5 Å². The molecule has 0 aliphatic carbocycles. The Morgan fingerprint density at radius 3 is 3.06 bits per heavy atom. The molecule has 7 heteroatoms. The van der Waals surface area contributed by atoms with Gasteiger partial charge in [0, 0.05) is 17.7 Å². The second kappa shape index (κ2) is 5.37. The highest BCUT2D eigenvalue weighted by Crippen LogP contribution is 2.22. The van der Waals surface area contributed by atoms with Gasteiger partial charge in [0.25, 0.3) is 11.6 Å². The summed E-state index contributed by atoms with van der Waals surface area (Å²) >= 11 is 0. The third-order valence-electron chi connectivity index (χ3n) is 2.31. The Kier molecular flexibility index (Phi) is 3.63. The molecular formula is C11H12N4O3. The number of non-ortho nitro benzene ring substituents is 1. The normalized spacial score (nSPS) is 10.5. The Morgan fingerprint density at radius 2 is 2.33 bits per heavy atom. The molecule has 1 aromatic heterocycles. The average molecular weight is 248 g/mol. The van der Waals surface area contributed by atoms with Gasteiger partial charge in [0.15, 0.2) is 5.82 Å². The quantitative estimate of drug-likeness (QED) is 0.640. The predicted octanol–water partition coefficient (Wildman–Crippen LogP) is 1.75. The molecule has 0 spiro atoms.